The highest BCUT2D eigenvalue weighted by Gasteiger charge is 2.28. The Hall–Kier alpha value is -2.01. The summed E-state index contributed by atoms with van der Waals surface area (Å²) in [6.45, 7) is 1.35. The lowest BCUT2D eigenvalue weighted by atomic mass is 10.3. The highest BCUT2D eigenvalue weighted by Crippen LogP contribution is 2.21. The van der Waals surface area contributed by atoms with E-state index in [2.05, 4.69) is 20.6 Å². The summed E-state index contributed by atoms with van der Waals surface area (Å²) in [6, 6.07) is -0.435. The fourth-order valence-corrected chi connectivity index (χ4v) is 2.80. The van der Waals surface area contributed by atoms with Gasteiger partial charge in [-0.05, 0) is 6.92 Å². The summed E-state index contributed by atoms with van der Waals surface area (Å²) >= 11 is 0. The van der Waals surface area contributed by atoms with Crippen molar-refractivity contribution >= 4 is 10.0 Å². The predicted molar refractivity (Wildman–Crippen MR) is 59.2 cm³/mol. The van der Waals surface area contributed by atoms with E-state index >= 15 is 0 Å². The fourth-order valence-electron chi connectivity index (χ4n) is 1.48. The SMILES string of the molecule is CC(NS(=O)(=O)c1c(F)cc(F)cc1F)c1nn[nH]n1. The van der Waals surface area contributed by atoms with E-state index in [0.717, 1.165) is 0 Å². The molecule has 0 aliphatic carbocycles. The van der Waals surface area contributed by atoms with E-state index in [-0.39, 0.29) is 18.0 Å². The topological polar surface area (TPSA) is 101 Å². The molecule has 0 bridgehead atoms. The maximum Gasteiger partial charge on any atom is 0.247 e. The van der Waals surface area contributed by atoms with Gasteiger partial charge in [-0.15, -0.1) is 10.2 Å². The van der Waals surface area contributed by atoms with E-state index in [1.807, 2.05) is 4.72 Å². The summed E-state index contributed by atoms with van der Waals surface area (Å²) in [5.41, 5.74) is 0. The van der Waals surface area contributed by atoms with Crippen LogP contribution in [0.2, 0.25) is 0 Å². The molecule has 2 N–H and O–H groups in total. The molecule has 0 amide bonds. The van der Waals surface area contributed by atoms with Crippen molar-refractivity contribution in [2.75, 3.05) is 0 Å². The van der Waals surface area contributed by atoms with Crippen molar-refractivity contribution in [1.82, 2.24) is 25.3 Å². The molecule has 1 aromatic carbocycles. The first-order chi connectivity index (χ1) is 9.31. The second kappa shape index (κ2) is 5.17. The van der Waals surface area contributed by atoms with Crippen LogP contribution in [0, 0.1) is 17.5 Å². The van der Waals surface area contributed by atoms with Crippen molar-refractivity contribution in [1.29, 1.82) is 0 Å². The molecule has 2 aromatic rings. The largest absolute Gasteiger partial charge is 0.247 e. The molecule has 11 heteroatoms. The summed E-state index contributed by atoms with van der Waals surface area (Å²) in [5.74, 6) is -4.30. The number of hydrogen-bond donors (Lipinski definition) is 2. The van der Waals surface area contributed by atoms with Crippen LogP contribution in [0.15, 0.2) is 17.0 Å². The minimum Gasteiger partial charge on any atom is -0.207 e. The average Bonchev–Trinajstić information content (AvgIpc) is 2.78. The Kier molecular flexibility index (Phi) is 3.72. The lowest BCUT2D eigenvalue weighted by Crippen LogP contribution is -2.29. The molecule has 1 unspecified atom stereocenters. The molecule has 108 valence electrons. The van der Waals surface area contributed by atoms with E-state index < -0.39 is 38.4 Å². The second-order valence-corrected chi connectivity index (χ2v) is 5.46. The Morgan fingerprint density at radius 1 is 1.25 bits per heavy atom. The van der Waals surface area contributed by atoms with Crippen LogP contribution in [-0.2, 0) is 10.0 Å². The van der Waals surface area contributed by atoms with E-state index in [4.69, 9.17) is 0 Å². The number of nitrogens with zero attached hydrogens (tertiary/aromatic N) is 3. The minimum atomic E-state index is -4.55. The van der Waals surface area contributed by atoms with Crippen LogP contribution in [0.4, 0.5) is 13.2 Å². The first-order valence-electron chi connectivity index (χ1n) is 5.21. The predicted octanol–water partition coefficient (Wildman–Crippen LogP) is 0.656. The lowest BCUT2D eigenvalue weighted by Gasteiger charge is -2.12. The number of rotatable bonds is 4. The summed E-state index contributed by atoms with van der Waals surface area (Å²) in [6.07, 6.45) is 0. The third-order valence-corrected chi connectivity index (χ3v) is 3.90. The Bertz CT molecular complexity index is 696. The smallest absolute Gasteiger partial charge is 0.207 e. The van der Waals surface area contributed by atoms with Crippen molar-refractivity contribution in [3.05, 3.63) is 35.4 Å². The van der Waals surface area contributed by atoms with Gasteiger partial charge < -0.3 is 0 Å². The quantitative estimate of drug-likeness (QED) is 0.864. The van der Waals surface area contributed by atoms with Gasteiger partial charge in [-0.3, -0.25) is 0 Å². The van der Waals surface area contributed by atoms with E-state index in [1.165, 1.54) is 6.92 Å². The van der Waals surface area contributed by atoms with Gasteiger partial charge in [-0.1, -0.05) is 5.21 Å². The van der Waals surface area contributed by atoms with Gasteiger partial charge in [0.1, 0.15) is 17.5 Å². The van der Waals surface area contributed by atoms with Gasteiger partial charge in [0.25, 0.3) is 0 Å². The van der Waals surface area contributed by atoms with Gasteiger partial charge in [0.15, 0.2) is 10.7 Å². The highest BCUT2D eigenvalue weighted by atomic mass is 32.2. The van der Waals surface area contributed by atoms with E-state index in [9.17, 15) is 21.6 Å². The Morgan fingerprint density at radius 2 is 1.85 bits per heavy atom. The number of aromatic nitrogens is 4. The van der Waals surface area contributed by atoms with Gasteiger partial charge in [0, 0.05) is 12.1 Å². The summed E-state index contributed by atoms with van der Waals surface area (Å²) in [7, 11) is -4.55. The average molecular weight is 307 g/mol. The van der Waals surface area contributed by atoms with Gasteiger partial charge in [-0.25, -0.2) is 26.3 Å². The number of tetrazole rings is 1. The number of halogens is 3. The number of H-pyrrole nitrogens is 1. The van der Waals surface area contributed by atoms with Crippen molar-refractivity contribution in [3.63, 3.8) is 0 Å². The fraction of sp³-hybridized carbons (Fsp3) is 0.222. The number of aromatic amines is 1. The minimum absolute atomic E-state index is 0.0171. The molecule has 0 fully saturated rings. The first-order valence-corrected chi connectivity index (χ1v) is 6.70. The molecule has 0 aliphatic heterocycles. The van der Waals surface area contributed by atoms with E-state index in [1.54, 1.807) is 0 Å². The molecule has 20 heavy (non-hydrogen) atoms. The zero-order valence-electron chi connectivity index (χ0n) is 9.93. The molecule has 0 spiro atoms. The zero-order valence-corrected chi connectivity index (χ0v) is 10.7. The zero-order chi connectivity index (χ0) is 14.9. The van der Waals surface area contributed by atoms with Crippen molar-refractivity contribution < 1.29 is 21.6 Å². The van der Waals surface area contributed by atoms with Crippen molar-refractivity contribution in [2.24, 2.45) is 0 Å². The van der Waals surface area contributed by atoms with Crippen LogP contribution >= 0.6 is 0 Å². The summed E-state index contributed by atoms with van der Waals surface area (Å²) in [5, 5.41) is 12.4. The number of benzene rings is 1. The van der Waals surface area contributed by atoms with Crippen LogP contribution in [-0.4, -0.2) is 29.0 Å². The van der Waals surface area contributed by atoms with Crippen molar-refractivity contribution in [3.8, 4) is 0 Å². The molecular formula is C9H8F3N5O2S. The van der Waals surface area contributed by atoms with Gasteiger partial charge in [0.2, 0.25) is 10.0 Å². The highest BCUT2D eigenvalue weighted by molar-refractivity contribution is 7.89. The third kappa shape index (κ3) is 2.77. The van der Waals surface area contributed by atoms with Crippen LogP contribution in [0.5, 0.6) is 0 Å². The van der Waals surface area contributed by atoms with Crippen LogP contribution in [0.1, 0.15) is 18.8 Å². The summed E-state index contributed by atoms with van der Waals surface area (Å²) in [4.78, 5) is -1.27. The molecule has 1 atom stereocenters. The Morgan fingerprint density at radius 3 is 2.35 bits per heavy atom. The standard InChI is InChI=1S/C9H8F3N5O2S/c1-4(9-13-16-17-14-9)15-20(18,19)8-6(11)2-5(10)3-7(8)12/h2-4,15H,1H3,(H,13,14,16,17). The normalized spacial score (nSPS) is 13.4. The monoisotopic (exact) mass is 307 g/mol. The lowest BCUT2D eigenvalue weighted by molar-refractivity contribution is 0.490. The van der Waals surface area contributed by atoms with Crippen molar-refractivity contribution in [2.45, 2.75) is 17.9 Å². The maximum atomic E-state index is 13.5. The molecule has 1 heterocycles. The molecule has 0 saturated heterocycles. The molecule has 1 aromatic heterocycles. The summed E-state index contributed by atoms with van der Waals surface area (Å²) < 4.78 is 65.4. The second-order valence-electron chi connectivity index (χ2n) is 3.81. The van der Waals surface area contributed by atoms with Gasteiger partial charge in [0.05, 0.1) is 6.04 Å². The molecule has 0 saturated carbocycles. The Balaban J connectivity index is 2.37. The Labute approximate surface area is 111 Å². The van der Waals surface area contributed by atoms with Gasteiger partial charge in [-0.2, -0.15) is 5.21 Å². The number of hydrogen-bond acceptors (Lipinski definition) is 5. The first kappa shape index (κ1) is 14.4. The molecule has 2 rings (SSSR count). The maximum absolute atomic E-state index is 13.5. The van der Waals surface area contributed by atoms with Crippen LogP contribution in [0.25, 0.3) is 0 Å². The molecular weight excluding hydrogens is 299 g/mol. The molecule has 7 nitrogen and oxygen atoms in total. The van der Waals surface area contributed by atoms with Gasteiger partial charge >= 0.3 is 0 Å². The third-order valence-electron chi connectivity index (χ3n) is 2.31. The number of nitrogens with one attached hydrogen (secondary N) is 2. The molecule has 0 radical (unpaired) electrons. The number of sulfonamides is 1. The molecule has 0 aliphatic rings. The van der Waals surface area contributed by atoms with E-state index in [0.29, 0.717) is 0 Å². The van der Waals surface area contributed by atoms with Crippen LogP contribution < -0.4 is 4.72 Å². The van der Waals surface area contributed by atoms with Crippen LogP contribution in [0.3, 0.4) is 0 Å².